The molecule has 0 saturated carbocycles. The maximum absolute atomic E-state index is 6.41. The summed E-state index contributed by atoms with van der Waals surface area (Å²) in [4.78, 5) is 2.44. The van der Waals surface area contributed by atoms with Crippen molar-refractivity contribution in [1.82, 2.24) is 0 Å². The number of rotatable bonds is 4. The van der Waals surface area contributed by atoms with E-state index >= 15 is 0 Å². The van der Waals surface area contributed by atoms with E-state index in [-0.39, 0.29) is 0 Å². The van der Waals surface area contributed by atoms with Gasteiger partial charge >= 0.3 is 0 Å². The van der Waals surface area contributed by atoms with E-state index in [1.54, 1.807) is 0 Å². The normalized spacial score (nSPS) is 11.8. The predicted octanol–water partition coefficient (Wildman–Crippen LogP) is 13.4. The Morgan fingerprint density at radius 2 is 1.11 bits per heavy atom. The Kier molecular flexibility index (Phi) is 5.78. The van der Waals surface area contributed by atoms with Crippen molar-refractivity contribution in [2.75, 3.05) is 4.90 Å². The predicted molar refractivity (Wildman–Crippen MR) is 202 cm³/mol. The van der Waals surface area contributed by atoms with Crippen molar-refractivity contribution in [3.63, 3.8) is 0 Å². The molecule has 0 aliphatic carbocycles. The minimum absolute atomic E-state index is 0.882. The summed E-state index contributed by atoms with van der Waals surface area (Å²) in [7, 11) is 0. The second kappa shape index (κ2) is 10.3. The van der Waals surface area contributed by atoms with E-state index in [0.29, 0.717) is 0 Å². The van der Waals surface area contributed by atoms with Gasteiger partial charge < -0.3 is 9.32 Å². The van der Waals surface area contributed by atoms with Crippen LogP contribution in [-0.4, -0.2) is 0 Å². The quantitative estimate of drug-likeness (QED) is 0.195. The third-order valence-corrected chi connectivity index (χ3v) is 10.7. The zero-order valence-electron chi connectivity index (χ0n) is 25.4. The number of nitrogens with zero attached hydrogens (tertiary/aromatic N) is 1. The lowest BCUT2D eigenvalue weighted by Gasteiger charge is -2.28. The molecular formula is C44H27NOS. The van der Waals surface area contributed by atoms with Crippen molar-refractivity contribution in [1.29, 1.82) is 0 Å². The Bertz CT molecular complexity index is 2800. The van der Waals surface area contributed by atoms with Crippen LogP contribution in [0.25, 0.3) is 74.8 Å². The van der Waals surface area contributed by atoms with E-state index in [1.165, 1.54) is 52.8 Å². The maximum Gasteiger partial charge on any atom is 0.137 e. The molecule has 0 bridgehead atoms. The Hall–Kier alpha value is -5.90. The number of thiophene rings is 1. The van der Waals surface area contributed by atoms with Crippen molar-refractivity contribution in [2.45, 2.75) is 0 Å². The molecule has 0 aliphatic rings. The highest BCUT2D eigenvalue weighted by Gasteiger charge is 2.23. The minimum atomic E-state index is 0.882. The van der Waals surface area contributed by atoms with Crippen molar-refractivity contribution in [3.05, 3.63) is 164 Å². The standard InChI is InChI=1S/C44H27NOS/c1-2-13-31-28(11-1)12-9-18-32(31)29-23-25-30(26-24-29)45(38-19-10-21-41-43(38)36-17-5-7-20-40(36)46-41)39-27-37-34-15-6-8-22-42(34)47-44(37)35-16-4-3-14-33(35)39/h1-27H. The van der Waals surface area contributed by atoms with Gasteiger partial charge in [-0.2, -0.15) is 0 Å². The summed E-state index contributed by atoms with van der Waals surface area (Å²) in [6, 6.07) is 59.0. The lowest BCUT2D eigenvalue weighted by atomic mass is 9.97. The van der Waals surface area contributed by atoms with Crippen LogP contribution in [0.5, 0.6) is 0 Å². The first kappa shape index (κ1) is 26.3. The highest BCUT2D eigenvalue weighted by atomic mass is 32.1. The number of anilines is 3. The zero-order valence-corrected chi connectivity index (χ0v) is 26.2. The summed E-state index contributed by atoms with van der Waals surface area (Å²) >= 11 is 1.88. The fourth-order valence-electron chi connectivity index (χ4n) is 7.33. The van der Waals surface area contributed by atoms with E-state index < -0.39 is 0 Å². The number of hydrogen-bond donors (Lipinski definition) is 0. The van der Waals surface area contributed by atoms with E-state index in [1.807, 2.05) is 17.4 Å². The molecule has 2 nitrogen and oxygen atoms in total. The summed E-state index contributed by atoms with van der Waals surface area (Å²) in [5.41, 5.74) is 7.54. The highest BCUT2D eigenvalue weighted by molar-refractivity contribution is 7.26. The first-order valence-corrected chi connectivity index (χ1v) is 16.7. The monoisotopic (exact) mass is 617 g/mol. The zero-order chi connectivity index (χ0) is 30.9. The van der Waals surface area contributed by atoms with Crippen LogP contribution in [0.1, 0.15) is 0 Å². The summed E-state index contributed by atoms with van der Waals surface area (Å²) in [5, 5.41) is 9.78. The van der Waals surface area contributed by atoms with Gasteiger partial charge in [0.1, 0.15) is 11.2 Å². The van der Waals surface area contributed by atoms with E-state index in [2.05, 4.69) is 163 Å². The molecule has 10 aromatic rings. The van der Waals surface area contributed by atoms with Crippen LogP contribution in [0, 0.1) is 0 Å². The molecule has 10 rings (SSSR count). The van der Waals surface area contributed by atoms with Crippen molar-refractivity contribution in [2.24, 2.45) is 0 Å². The van der Waals surface area contributed by atoms with Gasteiger partial charge in [0.2, 0.25) is 0 Å². The molecule has 2 heterocycles. The number of fused-ring (bicyclic) bond motifs is 9. The van der Waals surface area contributed by atoms with Crippen LogP contribution >= 0.6 is 11.3 Å². The second-order valence-corrected chi connectivity index (χ2v) is 13.1. The molecule has 0 radical (unpaired) electrons. The summed E-state index contributed by atoms with van der Waals surface area (Å²) in [6.07, 6.45) is 0. The van der Waals surface area contributed by atoms with Crippen molar-refractivity contribution >= 4 is 92.1 Å². The molecule has 47 heavy (non-hydrogen) atoms. The van der Waals surface area contributed by atoms with Crippen LogP contribution in [-0.2, 0) is 0 Å². The van der Waals surface area contributed by atoms with Crippen LogP contribution in [0.3, 0.4) is 0 Å². The summed E-state index contributed by atoms with van der Waals surface area (Å²) in [5.74, 6) is 0. The summed E-state index contributed by atoms with van der Waals surface area (Å²) in [6.45, 7) is 0. The van der Waals surface area contributed by atoms with Crippen molar-refractivity contribution in [3.8, 4) is 11.1 Å². The first-order valence-electron chi connectivity index (χ1n) is 15.9. The lowest BCUT2D eigenvalue weighted by molar-refractivity contribution is 0.669. The minimum Gasteiger partial charge on any atom is -0.456 e. The Balaban J connectivity index is 1.28. The number of hydrogen-bond acceptors (Lipinski definition) is 3. The summed E-state index contributed by atoms with van der Waals surface area (Å²) < 4.78 is 9.04. The van der Waals surface area contributed by atoms with Gasteiger partial charge in [0.25, 0.3) is 0 Å². The average molecular weight is 618 g/mol. The van der Waals surface area contributed by atoms with E-state index in [0.717, 1.165) is 39.0 Å². The smallest absolute Gasteiger partial charge is 0.137 e. The lowest BCUT2D eigenvalue weighted by Crippen LogP contribution is -2.11. The fraction of sp³-hybridized carbons (Fsp3) is 0. The molecule has 220 valence electrons. The number of benzene rings is 8. The second-order valence-electron chi connectivity index (χ2n) is 12.1. The molecule has 3 heteroatoms. The molecule has 0 amide bonds. The molecule has 0 saturated heterocycles. The van der Waals surface area contributed by atoms with E-state index in [9.17, 15) is 0 Å². The van der Waals surface area contributed by atoms with Crippen molar-refractivity contribution < 1.29 is 4.42 Å². The largest absolute Gasteiger partial charge is 0.456 e. The van der Waals surface area contributed by atoms with Gasteiger partial charge in [-0.25, -0.2) is 0 Å². The maximum atomic E-state index is 6.41. The van der Waals surface area contributed by atoms with Gasteiger partial charge in [-0.3, -0.25) is 0 Å². The van der Waals surface area contributed by atoms with Crippen LogP contribution in [0.2, 0.25) is 0 Å². The van der Waals surface area contributed by atoms with Gasteiger partial charge in [0.15, 0.2) is 0 Å². The third-order valence-electron chi connectivity index (χ3n) is 9.45. The molecular weight excluding hydrogens is 591 g/mol. The van der Waals surface area contributed by atoms with Gasteiger partial charge in [0, 0.05) is 42.0 Å². The Morgan fingerprint density at radius 1 is 0.447 bits per heavy atom. The average Bonchev–Trinajstić information content (AvgIpc) is 3.71. The van der Waals surface area contributed by atoms with Crippen LogP contribution in [0.15, 0.2) is 168 Å². The molecule has 0 fully saturated rings. The van der Waals surface area contributed by atoms with E-state index in [4.69, 9.17) is 4.42 Å². The number of furan rings is 1. The Morgan fingerprint density at radius 3 is 1.98 bits per heavy atom. The molecule has 0 spiro atoms. The third kappa shape index (κ3) is 4.04. The fourth-order valence-corrected chi connectivity index (χ4v) is 8.55. The van der Waals surface area contributed by atoms with Gasteiger partial charge in [0.05, 0.1) is 16.8 Å². The molecule has 2 aromatic heterocycles. The topological polar surface area (TPSA) is 16.4 Å². The van der Waals surface area contributed by atoms with Crippen LogP contribution < -0.4 is 4.90 Å². The molecule has 0 aliphatic heterocycles. The highest BCUT2D eigenvalue weighted by Crippen LogP contribution is 2.49. The number of para-hydroxylation sites is 1. The molecule has 0 N–H and O–H groups in total. The van der Waals surface area contributed by atoms with Gasteiger partial charge in [-0.1, -0.05) is 121 Å². The SMILES string of the molecule is c1ccc2c(-c3ccc(N(c4cc5c6ccccc6sc5c5ccccc45)c4cccc5oc6ccccc6c45)cc3)cccc2c1. The first-order chi connectivity index (χ1) is 23.3. The van der Waals surface area contributed by atoms with Gasteiger partial charge in [-0.05, 0) is 64.4 Å². The van der Waals surface area contributed by atoms with Crippen LogP contribution in [0.4, 0.5) is 17.1 Å². The van der Waals surface area contributed by atoms with Gasteiger partial charge in [-0.15, -0.1) is 11.3 Å². The Labute approximate surface area is 275 Å². The molecule has 0 unspecified atom stereocenters. The molecule has 0 atom stereocenters. The molecule has 8 aromatic carbocycles.